The van der Waals surface area contributed by atoms with E-state index in [1.165, 1.54) is 19.1 Å². The molecule has 6 rings (SSSR count). The number of Topliss-reactive ketones (excluding diaryl/α,β-unsaturated/α-hetero) is 1. The van der Waals surface area contributed by atoms with Gasteiger partial charge >= 0.3 is 5.97 Å². The summed E-state index contributed by atoms with van der Waals surface area (Å²) >= 11 is 6.05. The van der Waals surface area contributed by atoms with Gasteiger partial charge in [0.1, 0.15) is 11.8 Å². The maximum atomic E-state index is 14.0. The predicted molar refractivity (Wildman–Crippen MR) is 139 cm³/mol. The lowest BCUT2D eigenvalue weighted by Gasteiger charge is -2.36. The molecule has 0 spiro atoms. The second-order valence-electron chi connectivity index (χ2n) is 9.28. The third kappa shape index (κ3) is 3.65. The number of fused-ring (bicyclic) bond motifs is 5. The number of ketones is 1. The molecule has 0 aliphatic carbocycles. The van der Waals surface area contributed by atoms with Gasteiger partial charge in [0.15, 0.2) is 5.78 Å². The minimum absolute atomic E-state index is 0.243. The van der Waals surface area contributed by atoms with E-state index in [0.29, 0.717) is 22.0 Å². The number of imide groups is 1. The lowest BCUT2D eigenvalue weighted by molar-refractivity contribution is -0.132. The Hall–Kier alpha value is -4.23. The summed E-state index contributed by atoms with van der Waals surface area (Å²) in [6.45, 7) is 1.29. The number of hydrogen-bond acceptors (Lipinski definition) is 6. The van der Waals surface area contributed by atoms with Crippen molar-refractivity contribution in [3.05, 3.63) is 95.0 Å². The lowest BCUT2D eigenvalue weighted by atomic mass is 9.86. The second-order valence-corrected chi connectivity index (χ2v) is 9.72. The summed E-state index contributed by atoms with van der Waals surface area (Å²) in [6.07, 6.45) is 3.85. The fourth-order valence-corrected chi connectivity index (χ4v) is 5.81. The van der Waals surface area contributed by atoms with Crippen LogP contribution >= 0.6 is 11.6 Å². The Labute approximate surface area is 217 Å². The number of rotatable bonds is 4. The molecular weight excluding hydrogens is 492 g/mol. The van der Waals surface area contributed by atoms with Crippen molar-refractivity contribution in [3.8, 4) is 5.75 Å². The summed E-state index contributed by atoms with van der Waals surface area (Å²) in [5.41, 5.74) is 2.52. The largest absolute Gasteiger partial charge is 0.427 e. The number of anilines is 2. The van der Waals surface area contributed by atoms with Gasteiger partial charge in [-0.1, -0.05) is 42.0 Å². The average Bonchev–Trinajstić information content (AvgIpc) is 3.37. The Morgan fingerprint density at radius 2 is 1.54 bits per heavy atom. The molecule has 0 bridgehead atoms. The Morgan fingerprint density at radius 1 is 0.865 bits per heavy atom. The van der Waals surface area contributed by atoms with Crippen molar-refractivity contribution in [1.82, 2.24) is 0 Å². The highest BCUT2D eigenvalue weighted by molar-refractivity contribution is 6.30. The van der Waals surface area contributed by atoms with E-state index in [1.54, 1.807) is 36.4 Å². The molecule has 2 amide bonds. The fourth-order valence-electron chi connectivity index (χ4n) is 5.68. The third-order valence-electron chi connectivity index (χ3n) is 7.17. The molecule has 184 valence electrons. The first-order valence-electron chi connectivity index (χ1n) is 11.9. The monoisotopic (exact) mass is 512 g/mol. The number of amides is 2. The van der Waals surface area contributed by atoms with Gasteiger partial charge in [0.25, 0.3) is 0 Å². The van der Waals surface area contributed by atoms with Crippen molar-refractivity contribution in [3.63, 3.8) is 0 Å². The minimum Gasteiger partial charge on any atom is -0.427 e. The summed E-state index contributed by atoms with van der Waals surface area (Å²) in [5, 5.41) is 0.500. The lowest BCUT2D eigenvalue weighted by Crippen LogP contribution is -2.48. The highest BCUT2D eigenvalue weighted by Crippen LogP contribution is 2.49. The van der Waals surface area contributed by atoms with Crippen LogP contribution < -0.4 is 14.5 Å². The molecule has 0 N–H and O–H groups in total. The van der Waals surface area contributed by atoms with Gasteiger partial charge in [0, 0.05) is 23.2 Å². The molecule has 0 aromatic heterocycles. The molecular formula is C29H21ClN2O5. The fraction of sp³-hybridized carbons (Fsp3) is 0.172. The predicted octanol–water partition coefficient (Wildman–Crippen LogP) is 4.54. The standard InChI is InChI=1S/C29H21ClN2O5/c1-16(33)37-21-13-11-20(12-14-21)31-28(35)24-23-15-8-17-4-2-3-5-22(17)32(23)26(25(24)29(31)36)27(34)18-6-9-19(30)10-7-18/h2-15,23-26H,1H3. The zero-order valence-electron chi connectivity index (χ0n) is 19.7. The van der Waals surface area contributed by atoms with Crippen molar-refractivity contribution in [2.45, 2.75) is 19.0 Å². The van der Waals surface area contributed by atoms with Gasteiger partial charge in [0.2, 0.25) is 11.8 Å². The summed E-state index contributed by atoms with van der Waals surface area (Å²) in [7, 11) is 0. The van der Waals surface area contributed by atoms with Crippen LogP contribution in [0.5, 0.6) is 5.75 Å². The molecule has 3 aromatic carbocycles. The number of carbonyl (C=O) groups excluding carboxylic acids is 4. The van der Waals surface area contributed by atoms with E-state index >= 15 is 0 Å². The zero-order valence-corrected chi connectivity index (χ0v) is 20.5. The van der Waals surface area contributed by atoms with Crippen molar-refractivity contribution in [2.24, 2.45) is 11.8 Å². The number of halogens is 1. The maximum Gasteiger partial charge on any atom is 0.308 e. The number of ether oxygens (including phenoxy) is 1. The van der Waals surface area contributed by atoms with E-state index in [2.05, 4.69) is 0 Å². The van der Waals surface area contributed by atoms with Crippen LogP contribution in [0.3, 0.4) is 0 Å². The summed E-state index contributed by atoms with van der Waals surface area (Å²) in [4.78, 5) is 56.0. The smallest absolute Gasteiger partial charge is 0.308 e. The molecule has 4 atom stereocenters. The number of benzene rings is 3. The van der Waals surface area contributed by atoms with Gasteiger partial charge < -0.3 is 9.64 Å². The second kappa shape index (κ2) is 8.71. The quantitative estimate of drug-likeness (QED) is 0.221. The maximum absolute atomic E-state index is 14.0. The molecule has 0 saturated carbocycles. The van der Waals surface area contributed by atoms with Crippen LogP contribution in [-0.4, -0.2) is 35.7 Å². The molecule has 2 saturated heterocycles. The van der Waals surface area contributed by atoms with Gasteiger partial charge in [-0.05, 0) is 60.2 Å². The van der Waals surface area contributed by atoms with Crippen LogP contribution in [0.1, 0.15) is 22.8 Å². The van der Waals surface area contributed by atoms with Gasteiger partial charge in [-0.2, -0.15) is 0 Å². The highest BCUT2D eigenvalue weighted by atomic mass is 35.5. The van der Waals surface area contributed by atoms with Crippen LogP contribution in [0.4, 0.5) is 11.4 Å². The van der Waals surface area contributed by atoms with Crippen LogP contribution in [0, 0.1) is 11.8 Å². The molecule has 3 aromatic rings. The van der Waals surface area contributed by atoms with Crippen LogP contribution in [0.2, 0.25) is 5.02 Å². The summed E-state index contributed by atoms with van der Waals surface area (Å²) in [6, 6.07) is 19.1. The van der Waals surface area contributed by atoms with E-state index in [4.69, 9.17) is 16.3 Å². The number of esters is 1. The van der Waals surface area contributed by atoms with E-state index < -0.39 is 35.8 Å². The van der Waals surface area contributed by atoms with Crippen molar-refractivity contribution in [1.29, 1.82) is 0 Å². The van der Waals surface area contributed by atoms with E-state index in [-0.39, 0.29) is 11.7 Å². The van der Waals surface area contributed by atoms with Crippen molar-refractivity contribution in [2.75, 3.05) is 9.80 Å². The SMILES string of the molecule is CC(=O)Oc1ccc(N2C(=O)C3C(C2=O)C(C(=O)c2ccc(Cl)cc2)N2c4ccccc4C=CC32)cc1. The molecule has 3 aliphatic rings. The molecule has 8 heteroatoms. The number of hydrogen-bond donors (Lipinski definition) is 0. The Morgan fingerprint density at radius 3 is 2.24 bits per heavy atom. The highest BCUT2D eigenvalue weighted by Gasteiger charge is 2.64. The van der Waals surface area contributed by atoms with E-state index in [0.717, 1.165) is 16.2 Å². The molecule has 0 radical (unpaired) electrons. The first-order valence-corrected chi connectivity index (χ1v) is 12.2. The number of para-hydroxylation sites is 1. The summed E-state index contributed by atoms with van der Waals surface area (Å²) < 4.78 is 5.07. The first kappa shape index (κ1) is 23.2. The van der Waals surface area contributed by atoms with E-state index in [1.807, 2.05) is 41.3 Å². The molecule has 37 heavy (non-hydrogen) atoms. The van der Waals surface area contributed by atoms with Crippen LogP contribution in [-0.2, 0) is 14.4 Å². The summed E-state index contributed by atoms with van der Waals surface area (Å²) in [5.74, 6) is -2.79. The van der Waals surface area contributed by atoms with Gasteiger partial charge in [-0.15, -0.1) is 0 Å². The first-order chi connectivity index (χ1) is 17.8. The Balaban J connectivity index is 1.43. The Bertz CT molecular complexity index is 1480. The topological polar surface area (TPSA) is 84.0 Å². The average molecular weight is 513 g/mol. The van der Waals surface area contributed by atoms with Crippen molar-refractivity contribution < 1.29 is 23.9 Å². The Kier molecular flexibility index (Phi) is 5.46. The van der Waals surface area contributed by atoms with Crippen LogP contribution in [0.25, 0.3) is 6.08 Å². The molecule has 4 unspecified atom stereocenters. The third-order valence-corrected chi connectivity index (χ3v) is 7.42. The molecule has 3 aliphatic heterocycles. The normalized spacial score (nSPS) is 23.5. The molecule has 2 fully saturated rings. The van der Waals surface area contributed by atoms with Gasteiger partial charge in [-0.3, -0.25) is 19.2 Å². The minimum atomic E-state index is -0.871. The van der Waals surface area contributed by atoms with Gasteiger partial charge in [0.05, 0.1) is 23.6 Å². The molecule has 3 heterocycles. The number of carbonyl (C=O) groups is 4. The van der Waals surface area contributed by atoms with Crippen molar-refractivity contribution >= 4 is 52.6 Å². The zero-order chi connectivity index (χ0) is 25.8. The molecule has 7 nitrogen and oxygen atoms in total. The van der Waals surface area contributed by atoms with Gasteiger partial charge in [-0.25, -0.2) is 4.90 Å². The van der Waals surface area contributed by atoms with Crippen LogP contribution in [0.15, 0.2) is 78.9 Å². The van der Waals surface area contributed by atoms with E-state index in [9.17, 15) is 19.2 Å². The number of nitrogens with zero attached hydrogens (tertiary/aromatic N) is 2.